The molecule has 0 aliphatic carbocycles. The molecule has 5 N–H and O–H groups in total. The normalized spacial score (nSPS) is 10.3. The van der Waals surface area contributed by atoms with Gasteiger partial charge in [-0.2, -0.15) is 0 Å². The number of carbonyl (C=O) groups excluding carboxylic acids is 1. The predicted molar refractivity (Wildman–Crippen MR) is 103 cm³/mol. The standard InChI is InChI=1S/C18H16ClFN6O/c1-10-2-5-12(19)8-14(10)24-16-15(21)17(23-9-22-16)25-26-18(27)11-3-6-13(20)7-4-11/h2-9H,21H2,1H3,(H,26,27)(H2,22,23,24,25). The van der Waals surface area contributed by atoms with Crippen LogP contribution in [0.2, 0.25) is 5.02 Å². The third kappa shape index (κ3) is 4.42. The lowest BCUT2D eigenvalue weighted by Gasteiger charge is -2.14. The molecule has 0 bridgehead atoms. The van der Waals surface area contributed by atoms with Gasteiger partial charge < -0.3 is 11.1 Å². The topological polar surface area (TPSA) is 105 Å². The minimum Gasteiger partial charge on any atom is -0.393 e. The number of amides is 1. The molecular weight excluding hydrogens is 371 g/mol. The van der Waals surface area contributed by atoms with Crippen LogP contribution in [-0.2, 0) is 0 Å². The number of hydrazine groups is 1. The zero-order valence-electron chi connectivity index (χ0n) is 14.3. The molecule has 3 aromatic rings. The Kier molecular flexibility index (Phi) is 5.37. The Hall–Kier alpha value is -3.39. The Morgan fingerprint density at radius 2 is 1.81 bits per heavy atom. The molecule has 0 spiro atoms. The summed E-state index contributed by atoms with van der Waals surface area (Å²) >= 11 is 6.02. The summed E-state index contributed by atoms with van der Waals surface area (Å²) in [4.78, 5) is 20.2. The molecular formula is C18H16ClFN6O. The maximum Gasteiger partial charge on any atom is 0.269 e. The van der Waals surface area contributed by atoms with Crippen LogP contribution in [0.5, 0.6) is 0 Å². The number of carbonyl (C=O) groups is 1. The van der Waals surface area contributed by atoms with Gasteiger partial charge in [0, 0.05) is 16.3 Å². The van der Waals surface area contributed by atoms with E-state index >= 15 is 0 Å². The third-order valence-corrected chi connectivity index (χ3v) is 3.97. The number of nitrogens with one attached hydrogen (secondary N) is 3. The minimum atomic E-state index is -0.465. The maximum atomic E-state index is 12.9. The smallest absolute Gasteiger partial charge is 0.269 e. The molecule has 1 aromatic heterocycles. The van der Waals surface area contributed by atoms with Crippen LogP contribution < -0.4 is 21.9 Å². The Balaban J connectivity index is 1.74. The summed E-state index contributed by atoms with van der Waals surface area (Å²) in [7, 11) is 0. The maximum absolute atomic E-state index is 12.9. The monoisotopic (exact) mass is 386 g/mol. The van der Waals surface area contributed by atoms with Gasteiger partial charge in [-0.3, -0.25) is 15.6 Å². The van der Waals surface area contributed by atoms with Crippen LogP contribution >= 0.6 is 11.6 Å². The summed E-state index contributed by atoms with van der Waals surface area (Å²) in [6.07, 6.45) is 1.30. The fourth-order valence-electron chi connectivity index (χ4n) is 2.24. The Labute approximate surface area is 159 Å². The molecule has 138 valence electrons. The van der Waals surface area contributed by atoms with Crippen molar-refractivity contribution >= 4 is 40.5 Å². The average molecular weight is 387 g/mol. The second kappa shape index (κ2) is 7.88. The molecule has 2 aromatic carbocycles. The summed E-state index contributed by atoms with van der Waals surface area (Å²) in [5, 5.41) is 3.66. The molecule has 0 radical (unpaired) electrons. The number of aryl methyl sites for hydroxylation is 1. The number of nitrogen functional groups attached to an aromatic ring is 1. The van der Waals surface area contributed by atoms with Crippen LogP contribution in [0.4, 0.5) is 27.4 Å². The first-order valence-electron chi connectivity index (χ1n) is 7.89. The summed E-state index contributed by atoms with van der Waals surface area (Å²) in [5.41, 5.74) is 13.4. The molecule has 7 nitrogen and oxygen atoms in total. The highest BCUT2D eigenvalue weighted by Gasteiger charge is 2.11. The first kappa shape index (κ1) is 18.4. The van der Waals surface area contributed by atoms with Crippen molar-refractivity contribution in [3.05, 3.63) is 70.8 Å². The second-order valence-corrected chi connectivity index (χ2v) is 6.09. The number of aromatic nitrogens is 2. The number of anilines is 4. The van der Waals surface area contributed by atoms with E-state index in [9.17, 15) is 9.18 Å². The number of nitrogens with two attached hydrogens (primary N) is 1. The number of nitrogens with zero attached hydrogens (tertiary/aromatic N) is 2. The summed E-state index contributed by atoms with van der Waals surface area (Å²) in [6, 6.07) is 10.5. The number of rotatable bonds is 5. The Bertz CT molecular complexity index is 980. The van der Waals surface area contributed by atoms with Crippen molar-refractivity contribution in [3.63, 3.8) is 0 Å². The highest BCUT2D eigenvalue weighted by atomic mass is 35.5. The van der Waals surface area contributed by atoms with E-state index < -0.39 is 11.7 Å². The molecule has 1 heterocycles. The lowest BCUT2D eigenvalue weighted by atomic mass is 10.2. The molecule has 1 amide bonds. The van der Waals surface area contributed by atoms with Gasteiger partial charge in [0.2, 0.25) is 0 Å². The SMILES string of the molecule is Cc1ccc(Cl)cc1Nc1ncnc(NNC(=O)c2ccc(F)cc2)c1N. The van der Waals surface area contributed by atoms with Crippen LogP contribution in [-0.4, -0.2) is 15.9 Å². The fraction of sp³-hybridized carbons (Fsp3) is 0.0556. The van der Waals surface area contributed by atoms with E-state index in [1.165, 1.54) is 30.6 Å². The van der Waals surface area contributed by atoms with E-state index in [1.54, 1.807) is 12.1 Å². The zero-order chi connectivity index (χ0) is 19.4. The summed E-state index contributed by atoms with van der Waals surface area (Å²) in [6.45, 7) is 1.91. The largest absolute Gasteiger partial charge is 0.393 e. The molecule has 3 rings (SSSR count). The summed E-state index contributed by atoms with van der Waals surface area (Å²) < 4.78 is 12.9. The molecule has 0 unspecified atom stereocenters. The number of hydrogen-bond donors (Lipinski definition) is 4. The molecule has 0 fully saturated rings. The van der Waals surface area contributed by atoms with Crippen molar-refractivity contribution in [1.29, 1.82) is 0 Å². The van der Waals surface area contributed by atoms with Crippen LogP contribution in [0.3, 0.4) is 0 Å². The Morgan fingerprint density at radius 3 is 2.56 bits per heavy atom. The zero-order valence-corrected chi connectivity index (χ0v) is 15.0. The first-order valence-corrected chi connectivity index (χ1v) is 8.27. The predicted octanol–water partition coefficient (Wildman–Crippen LogP) is 3.66. The van der Waals surface area contributed by atoms with Crippen molar-refractivity contribution in [2.24, 2.45) is 0 Å². The van der Waals surface area contributed by atoms with Crippen LogP contribution in [0.15, 0.2) is 48.8 Å². The molecule has 0 aliphatic heterocycles. The number of benzene rings is 2. The third-order valence-electron chi connectivity index (χ3n) is 3.74. The second-order valence-electron chi connectivity index (χ2n) is 5.65. The van der Waals surface area contributed by atoms with Crippen LogP contribution in [0.1, 0.15) is 15.9 Å². The van der Waals surface area contributed by atoms with Gasteiger partial charge >= 0.3 is 0 Å². The van der Waals surface area contributed by atoms with Gasteiger partial charge in [0.1, 0.15) is 17.8 Å². The van der Waals surface area contributed by atoms with Gasteiger partial charge in [-0.05, 0) is 48.9 Å². The van der Waals surface area contributed by atoms with E-state index in [1.807, 2.05) is 13.0 Å². The van der Waals surface area contributed by atoms with E-state index in [0.29, 0.717) is 10.8 Å². The van der Waals surface area contributed by atoms with Gasteiger partial charge in [0.05, 0.1) is 0 Å². The number of hydrogen-bond acceptors (Lipinski definition) is 6. The van der Waals surface area contributed by atoms with Crippen molar-refractivity contribution < 1.29 is 9.18 Å². The fourth-order valence-corrected chi connectivity index (χ4v) is 2.41. The molecule has 9 heteroatoms. The van der Waals surface area contributed by atoms with Crippen LogP contribution in [0.25, 0.3) is 0 Å². The van der Waals surface area contributed by atoms with Gasteiger partial charge in [0.25, 0.3) is 5.91 Å². The van der Waals surface area contributed by atoms with Crippen molar-refractivity contribution in [1.82, 2.24) is 15.4 Å². The van der Waals surface area contributed by atoms with Crippen molar-refractivity contribution in [2.45, 2.75) is 6.92 Å². The molecule has 0 saturated carbocycles. The molecule has 0 atom stereocenters. The van der Waals surface area contributed by atoms with Gasteiger partial charge in [-0.15, -0.1) is 0 Å². The lowest BCUT2D eigenvalue weighted by molar-refractivity contribution is 0.0962. The van der Waals surface area contributed by atoms with E-state index in [4.69, 9.17) is 17.3 Å². The minimum absolute atomic E-state index is 0.205. The lowest BCUT2D eigenvalue weighted by Crippen LogP contribution is -2.30. The quantitative estimate of drug-likeness (QED) is 0.499. The molecule has 27 heavy (non-hydrogen) atoms. The molecule has 0 saturated heterocycles. The van der Waals surface area contributed by atoms with Crippen molar-refractivity contribution in [2.75, 3.05) is 16.5 Å². The van der Waals surface area contributed by atoms with Crippen LogP contribution in [0, 0.1) is 12.7 Å². The first-order chi connectivity index (χ1) is 12.9. The van der Waals surface area contributed by atoms with E-state index in [0.717, 1.165) is 11.3 Å². The molecule has 0 aliphatic rings. The van der Waals surface area contributed by atoms with E-state index in [-0.39, 0.29) is 17.1 Å². The highest BCUT2D eigenvalue weighted by molar-refractivity contribution is 6.30. The van der Waals surface area contributed by atoms with E-state index in [2.05, 4.69) is 26.1 Å². The van der Waals surface area contributed by atoms with Crippen molar-refractivity contribution in [3.8, 4) is 0 Å². The van der Waals surface area contributed by atoms with Gasteiger partial charge in [-0.25, -0.2) is 14.4 Å². The van der Waals surface area contributed by atoms with Gasteiger partial charge in [0.15, 0.2) is 11.6 Å². The van der Waals surface area contributed by atoms with Gasteiger partial charge in [-0.1, -0.05) is 17.7 Å². The Morgan fingerprint density at radius 1 is 1.11 bits per heavy atom. The highest BCUT2D eigenvalue weighted by Crippen LogP contribution is 2.28. The number of halogens is 2. The average Bonchev–Trinajstić information content (AvgIpc) is 2.65. The summed E-state index contributed by atoms with van der Waals surface area (Å²) in [5.74, 6) is -0.323.